The smallest absolute Gasteiger partial charge is 0.0674 e. The summed E-state index contributed by atoms with van der Waals surface area (Å²) in [6.45, 7) is 10.7. The first-order chi connectivity index (χ1) is 8.08. The van der Waals surface area contributed by atoms with E-state index in [9.17, 15) is 0 Å². The second-order valence-corrected chi connectivity index (χ2v) is 6.22. The normalized spacial score (nSPS) is 44.8. The Morgan fingerprint density at radius 2 is 2.12 bits per heavy atom. The van der Waals surface area contributed by atoms with Gasteiger partial charge < -0.3 is 10.5 Å². The van der Waals surface area contributed by atoms with Crippen molar-refractivity contribution >= 4 is 0 Å². The van der Waals surface area contributed by atoms with Crippen LogP contribution >= 0.6 is 0 Å². The third kappa shape index (κ3) is 2.51. The Labute approximate surface area is 106 Å². The van der Waals surface area contributed by atoms with Gasteiger partial charge in [0.15, 0.2) is 0 Å². The highest BCUT2D eigenvalue weighted by molar-refractivity contribution is 5.00. The molecular formula is C14H28N2O. The molecule has 100 valence electrons. The lowest BCUT2D eigenvalue weighted by atomic mass is 9.68. The van der Waals surface area contributed by atoms with E-state index in [1.165, 1.54) is 19.3 Å². The number of hydrogen-bond donors (Lipinski definition) is 1. The Bertz CT molecular complexity index is 259. The van der Waals surface area contributed by atoms with Crippen molar-refractivity contribution in [3.05, 3.63) is 0 Å². The van der Waals surface area contributed by atoms with Crippen molar-refractivity contribution < 1.29 is 4.74 Å². The van der Waals surface area contributed by atoms with Crippen molar-refractivity contribution in [3.8, 4) is 0 Å². The van der Waals surface area contributed by atoms with Gasteiger partial charge in [0.2, 0.25) is 0 Å². The molecule has 2 N–H and O–H groups in total. The zero-order valence-electron chi connectivity index (χ0n) is 11.6. The number of nitrogens with two attached hydrogens (primary N) is 1. The molecule has 3 heteroatoms. The zero-order valence-corrected chi connectivity index (χ0v) is 11.6. The molecule has 2 rings (SSSR count). The molecule has 4 atom stereocenters. The molecule has 1 aliphatic heterocycles. The molecule has 0 aromatic rings. The standard InChI is InChI=1S/C14H28N2O/c1-11-4-5-14(10-15,12(2)8-11)16-6-7-17-13(3)9-16/h11-13H,4-10,15H2,1-3H3. The van der Waals surface area contributed by atoms with E-state index in [0.29, 0.717) is 12.0 Å². The highest BCUT2D eigenvalue weighted by Gasteiger charge is 2.44. The minimum Gasteiger partial charge on any atom is -0.376 e. The minimum atomic E-state index is 0.241. The fourth-order valence-corrected chi connectivity index (χ4v) is 3.81. The lowest BCUT2D eigenvalue weighted by Gasteiger charge is -2.53. The summed E-state index contributed by atoms with van der Waals surface area (Å²) < 4.78 is 5.66. The van der Waals surface area contributed by atoms with Crippen molar-refractivity contribution in [2.75, 3.05) is 26.2 Å². The molecule has 0 bridgehead atoms. The summed E-state index contributed by atoms with van der Waals surface area (Å²) in [5, 5.41) is 0. The van der Waals surface area contributed by atoms with Gasteiger partial charge in [-0.1, -0.05) is 13.8 Å². The van der Waals surface area contributed by atoms with Crippen LogP contribution in [0.5, 0.6) is 0 Å². The maximum Gasteiger partial charge on any atom is 0.0674 e. The lowest BCUT2D eigenvalue weighted by Crippen LogP contribution is -2.63. The maximum absolute atomic E-state index is 6.17. The first-order valence-electron chi connectivity index (χ1n) is 7.15. The Morgan fingerprint density at radius 3 is 2.71 bits per heavy atom. The van der Waals surface area contributed by atoms with E-state index in [0.717, 1.165) is 32.2 Å². The van der Waals surface area contributed by atoms with Crippen LogP contribution in [0.2, 0.25) is 0 Å². The average Bonchev–Trinajstić information content (AvgIpc) is 2.30. The van der Waals surface area contributed by atoms with E-state index < -0.39 is 0 Å². The van der Waals surface area contributed by atoms with Crippen LogP contribution in [0.1, 0.15) is 40.0 Å². The number of ether oxygens (including phenoxy) is 1. The summed E-state index contributed by atoms with van der Waals surface area (Å²) in [4.78, 5) is 2.62. The SMILES string of the molecule is CC1CCC(CN)(N2CCOC(C)C2)C(C)C1. The number of nitrogens with zero attached hydrogens (tertiary/aromatic N) is 1. The molecule has 1 saturated carbocycles. The Morgan fingerprint density at radius 1 is 1.35 bits per heavy atom. The summed E-state index contributed by atoms with van der Waals surface area (Å²) in [6, 6.07) is 0. The molecule has 2 aliphatic rings. The minimum absolute atomic E-state index is 0.241. The second kappa shape index (κ2) is 5.25. The average molecular weight is 240 g/mol. The topological polar surface area (TPSA) is 38.5 Å². The highest BCUT2D eigenvalue weighted by Crippen LogP contribution is 2.40. The molecule has 3 nitrogen and oxygen atoms in total. The number of rotatable bonds is 2. The van der Waals surface area contributed by atoms with Crippen LogP contribution in [-0.4, -0.2) is 42.8 Å². The van der Waals surface area contributed by atoms with Crippen LogP contribution in [0.25, 0.3) is 0 Å². The Hall–Kier alpha value is -0.120. The summed E-state index contributed by atoms with van der Waals surface area (Å²) in [7, 11) is 0. The zero-order chi connectivity index (χ0) is 12.5. The van der Waals surface area contributed by atoms with E-state index in [-0.39, 0.29) is 5.54 Å². The molecule has 0 amide bonds. The third-order valence-corrected chi connectivity index (χ3v) is 4.97. The van der Waals surface area contributed by atoms with Crippen molar-refractivity contribution in [2.24, 2.45) is 17.6 Å². The van der Waals surface area contributed by atoms with Gasteiger partial charge in [-0.05, 0) is 38.0 Å². The van der Waals surface area contributed by atoms with Crippen molar-refractivity contribution in [1.29, 1.82) is 0 Å². The van der Waals surface area contributed by atoms with Gasteiger partial charge in [-0.15, -0.1) is 0 Å². The summed E-state index contributed by atoms with van der Waals surface area (Å²) in [5.74, 6) is 1.57. The van der Waals surface area contributed by atoms with E-state index in [2.05, 4.69) is 25.7 Å². The van der Waals surface area contributed by atoms with Gasteiger partial charge in [0.25, 0.3) is 0 Å². The monoisotopic (exact) mass is 240 g/mol. The van der Waals surface area contributed by atoms with Crippen LogP contribution in [0, 0.1) is 11.8 Å². The molecule has 1 aliphatic carbocycles. The number of hydrogen-bond acceptors (Lipinski definition) is 3. The Kier molecular flexibility index (Phi) is 4.11. The molecule has 0 aromatic carbocycles. The van der Waals surface area contributed by atoms with E-state index in [4.69, 9.17) is 10.5 Å². The molecule has 1 heterocycles. The van der Waals surface area contributed by atoms with E-state index in [1.54, 1.807) is 0 Å². The fourth-order valence-electron chi connectivity index (χ4n) is 3.81. The van der Waals surface area contributed by atoms with Gasteiger partial charge in [-0.25, -0.2) is 0 Å². The van der Waals surface area contributed by atoms with Crippen molar-refractivity contribution in [1.82, 2.24) is 4.90 Å². The summed E-state index contributed by atoms with van der Waals surface area (Å²) >= 11 is 0. The molecule has 17 heavy (non-hydrogen) atoms. The second-order valence-electron chi connectivity index (χ2n) is 6.22. The first-order valence-corrected chi connectivity index (χ1v) is 7.15. The van der Waals surface area contributed by atoms with Gasteiger partial charge in [-0.2, -0.15) is 0 Å². The predicted octanol–water partition coefficient (Wildman–Crippen LogP) is 1.86. The Balaban J connectivity index is 2.12. The largest absolute Gasteiger partial charge is 0.376 e. The van der Waals surface area contributed by atoms with Crippen LogP contribution < -0.4 is 5.73 Å². The van der Waals surface area contributed by atoms with Crippen molar-refractivity contribution in [3.63, 3.8) is 0 Å². The first kappa shape index (κ1) is 13.3. The van der Waals surface area contributed by atoms with Gasteiger partial charge in [-0.3, -0.25) is 4.90 Å². The van der Waals surface area contributed by atoms with Crippen LogP contribution in [0.15, 0.2) is 0 Å². The number of morpholine rings is 1. The molecule has 0 radical (unpaired) electrons. The summed E-state index contributed by atoms with van der Waals surface area (Å²) in [6.07, 6.45) is 4.27. The maximum atomic E-state index is 6.17. The molecule has 2 fully saturated rings. The van der Waals surface area contributed by atoms with Gasteiger partial charge in [0.1, 0.15) is 0 Å². The van der Waals surface area contributed by atoms with Crippen molar-refractivity contribution in [2.45, 2.75) is 51.7 Å². The molecule has 1 saturated heterocycles. The predicted molar refractivity (Wildman–Crippen MR) is 71.0 cm³/mol. The van der Waals surface area contributed by atoms with Gasteiger partial charge in [0.05, 0.1) is 12.7 Å². The quantitative estimate of drug-likeness (QED) is 0.800. The molecule has 0 aromatic heterocycles. The molecular weight excluding hydrogens is 212 g/mol. The summed E-state index contributed by atoms with van der Waals surface area (Å²) in [5.41, 5.74) is 6.41. The third-order valence-electron chi connectivity index (χ3n) is 4.97. The lowest BCUT2D eigenvalue weighted by molar-refractivity contribution is -0.0902. The van der Waals surface area contributed by atoms with Crippen LogP contribution in [0.4, 0.5) is 0 Å². The van der Waals surface area contributed by atoms with E-state index >= 15 is 0 Å². The fraction of sp³-hybridized carbons (Fsp3) is 1.00. The highest BCUT2D eigenvalue weighted by atomic mass is 16.5. The van der Waals surface area contributed by atoms with Crippen LogP contribution in [0.3, 0.4) is 0 Å². The van der Waals surface area contributed by atoms with E-state index in [1.807, 2.05) is 0 Å². The molecule has 0 spiro atoms. The molecule has 4 unspecified atom stereocenters. The van der Waals surface area contributed by atoms with Gasteiger partial charge >= 0.3 is 0 Å². The van der Waals surface area contributed by atoms with Gasteiger partial charge in [0, 0.05) is 25.2 Å². The van der Waals surface area contributed by atoms with Crippen LogP contribution in [-0.2, 0) is 4.74 Å².